The Hall–Kier alpha value is -2.21. The second-order valence-corrected chi connectivity index (χ2v) is 4.93. The van der Waals surface area contributed by atoms with Crippen molar-refractivity contribution >= 4 is 39.8 Å². The van der Waals surface area contributed by atoms with E-state index in [9.17, 15) is 4.79 Å². The van der Waals surface area contributed by atoms with Crippen molar-refractivity contribution in [1.29, 1.82) is 0 Å². The van der Waals surface area contributed by atoms with Gasteiger partial charge in [-0.2, -0.15) is 0 Å². The maximum atomic E-state index is 11.6. The number of carbonyl (C=O) groups is 1. The van der Waals surface area contributed by atoms with Crippen molar-refractivity contribution in [3.05, 3.63) is 36.0 Å². The highest BCUT2D eigenvalue weighted by atomic mass is 32.1. The first kappa shape index (κ1) is 15.2. The number of ether oxygens (including phenoxy) is 1. The number of thiocarbonyl (C=S) groups is 1. The maximum Gasteiger partial charge on any atom is 0.325 e. The van der Waals surface area contributed by atoms with E-state index in [0.29, 0.717) is 12.1 Å². The van der Waals surface area contributed by atoms with Gasteiger partial charge < -0.3 is 15.4 Å². The zero-order valence-electron chi connectivity index (χ0n) is 12.0. The maximum absolute atomic E-state index is 11.6. The van der Waals surface area contributed by atoms with E-state index in [2.05, 4.69) is 4.98 Å². The second kappa shape index (κ2) is 6.49. The minimum Gasteiger partial charge on any atom is -0.468 e. The number of carbonyl (C=O) groups excluding carboxylic acids is 1. The number of anilines is 1. The monoisotopic (exact) mass is 303 g/mol. The lowest BCUT2D eigenvalue weighted by atomic mass is 10.1. The smallest absolute Gasteiger partial charge is 0.325 e. The molecule has 0 amide bonds. The lowest BCUT2D eigenvalue weighted by molar-refractivity contribution is -0.138. The van der Waals surface area contributed by atoms with Gasteiger partial charge in [0.1, 0.15) is 11.5 Å². The highest BCUT2D eigenvalue weighted by Crippen LogP contribution is 2.29. The third-order valence-corrected chi connectivity index (χ3v) is 3.48. The van der Waals surface area contributed by atoms with Crippen LogP contribution in [-0.2, 0) is 9.53 Å². The molecule has 2 aromatic rings. The zero-order chi connectivity index (χ0) is 15.4. The number of para-hydroxylation sites is 1. The molecule has 1 aromatic carbocycles. The van der Waals surface area contributed by atoms with Gasteiger partial charge in [0.15, 0.2) is 0 Å². The van der Waals surface area contributed by atoms with E-state index in [4.69, 9.17) is 22.7 Å². The molecular weight excluding hydrogens is 286 g/mol. The number of benzene rings is 1. The number of aromatic nitrogens is 1. The lowest BCUT2D eigenvalue weighted by Crippen LogP contribution is -2.32. The number of hydrogen-bond acceptors (Lipinski definition) is 5. The number of fused-ring (bicyclic) bond motifs is 1. The zero-order valence-corrected chi connectivity index (χ0v) is 12.8. The van der Waals surface area contributed by atoms with Crippen LogP contribution in [-0.4, -0.2) is 36.1 Å². The summed E-state index contributed by atoms with van der Waals surface area (Å²) in [4.78, 5) is 18.1. The summed E-state index contributed by atoms with van der Waals surface area (Å²) >= 11 is 5.12. The molecule has 110 valence electrons. The van der Waals surface area contributed by atoms with Crippen molar-refractivity contribution < 1.29 is 9.53 Å². The molecule has 0 saturated carbocycles. The molecule has 2 rings (SSSR count). The van der Waals surface area contributed by atoms with E-state index >= 15 is 0 Å². The third kappa shape index (κ3) is 3.11. The van der Waals surface area contributed by atoms with Crippen molar-refractivity contribution in [2.24, 2.45) is 5.73 Å². The molecule has 0 bridgehead atoms. The van der Waals surface area contributed by atoms with Crippen LogP contribution in [0.1, 0.15) is 12.5 Å². The van der Waals surface area contributed by atoms with Crippen LogP contribution in [0.25, 0.3) is 10.9 Å². The fraction of sp³-hybridized carbons (Fsp3) is 0.267. The minimum atomic E-state index is -0.313. The van der Waals surface area contributed by atoms with Crippen molar-refractivity contribution in [3.63, 3.8) is 0 Å². The van der Waals surface area contributed by atoms with Crippen molar-refractivity contribution in [2.45, 2.75) is 6.92 Å². The van der Waals surface area contributed by atoms with Crippen LogP contribution in [0, 0.1) is 0 Å². The van der Waals surface area contributed by atoms with Crippen LogP contribution in [0.15, 0.2) is 30.5 Å². The molecule has 0 aliphatic heterocycles. The summed E-state index contributed by atoms with van der Waals surface area (Å²) in [5, 5.41) is 0.911. The van der Waals surface area contributed by atoms with Crippen LogP contribution >= 0.6 is 12.2 Å². The Bertz CT molecular complexity index is 688. The van der Waals surface area contributed by atoms with Crippen LogP contribution < -0.4 is 10.6 Å². The first-order valence-electron chi connectivity index (χ1n) is 6.57. The first-order valence-corrected chi connectivity index (χ1v) is 6.98. The number of nitrogens with zero attached hydrogens (tertiary/aromatic N) is 2. The average Bonchev–Trinajstić information content (AvgIpc) is 2.51. The van der Waals surface area contributed by atoms with Crippen molar-refractivity contribution in [3.8, 4) is 0 Å². The molecule has 2 N–H and O–H groups in total. The van der Waals surface area contributed by atoms with Gasteiger partial charge in [-0.1, -0.05) is 30.4 Å². The number of methoxy groups -OCH3 is 1. The summed E-state index contributed by atoms with van der Waals surface area (Å²) in [5.41, 5.74) is 8.12. The highest BCUT2D eigenvalue weighted by molar-refractivity contribution is 7.80. The molecule has 5 nitrogen and oxygen atoms in total. The summed E-state index contributed by atoms with van der Waals surface area (Å²) in [5.74, 6) is -0.313. The summed E-state index contributed by atoms with van der Waals surface area (Å²) in [6.07, 6.45) is 1.65. The minimum absolute atomic E-state index is 0.136. The topological polar surface area (TPSA) is 68.5 Å². The Labute approximate surface area is 128 Å². The second-order valence-electron chi connectivity index (χ2n) is 4.49. The Morgan fingerprint density at radius 2 is 2.14 bits per heavy atom. The Morgan fingerprint density at radius 1 is 1.43 bits per heavy atom. The number of pyridine rings is 1. The van der Waals surface area contributed by atoms with Gasteiger partial charge in [-0.15, -0.1) is 0 Å². The predicted molar refractivity (Wildman–Crippen MR) is 87.5 cm³/mol. The summed E-state index contributed by atoms with van der Waals surface area (Å²) in [6.45, 7) is 2.72. The molecular formula is C15H17N3O2S. The van der Waals surface area contributed by atoms with Crippen LogP contribution in [0.2, 0.25) is 0 Å². The van der Waals surface area contributed by atoms with Crippen LogP contribution in [0.3, 0.4) is 0 Å². The summed E-state index contributed by atoms with van der Waals surface area (Å²) < 4.78 is 4.76. The molecule has 0 aliphatic carbocycles. The van der Waals surface area contributed by atoms with Crippen LogP contribution in [0.4, 0.5) is 5.69 Å². The first-order chi connectivity index (χ1) is 10.1. The Kier molecular flexibility index (Phi) is 4.70. The van der Waals surface area contributed by atoms with E-state index in [1.54, 1.807) is 6.20 Å². The summed E-state index contributed by atoms with van der Waals surface area (Å²) in [6, 6.07) is 7.69. The molecule has 0 radical (unpaired) electrons. The number of nitrogens with two attached hydrogens (primary N) is 1. The molecule has 0 saturated heterocycles. The van der Waals surface area contributed by atoms with Crippen molar-refractivity contribution in [1.82, 2.24) is 4.98 Å². The molecule has 0 unspecified atom stereocenters. The fourth-order valence-electron chi connectivity index (χ4n) is 2.22. The van der Waals surface area contributed by atoms with Gasteiger partial charge in [0.2, 0.25) is 0 Å². The SMILES string of the molecule is CCN(CC(=O)OC)c1c(C(N)=S)cnc2ccccc12. The van der Waals surface area contributed by atoms with Crippen molar-refractivity contribution in [2.75, 3.05) is 25.1 Å². The average molecular weight is 303 g/mol. The quantitative estimate of drug-likeness (QED) is 0.672. The Balaban J connectivity index is 2.64. The number of likely N-dealkylation sites (N-methyl/N-ethyl adjacent to an activating group) is 1. The predicted octanol–water partition coefficient (Wildman–Crippen LogP) is 1.87. The molecule has 0 spiro atoms. The molecule has 0 fully saturated rings. The molecule has 0 atom stereocenters. The van der Waals surface area contributed by atoms with Gasteiger partial charge in [0.05, 0.1) is 23.9 Å². The van der Waals surface area contributed by atoms with Gasteiger partial charge in [-0.05, 0) is 13.0 Å². The summed E-state index contributed by atoms with van der Waals surface area (Å²) in [7, 11) is 1.37. The normalized spacial score (nSPS) is 10.4. The molecule has 1 heterocycles. The van der Waals surface area contributed by atoms with Gasteiger partial charge in [0.25, 0.3) is 0 Å². The number of esters is 1. The van der Waals surface area contributed by atoms with E-state index in [1.807, 2.05) is 36.1 Å². The van der Waals surface area contributed by atoms with E-state index in [-0.39, 0.29) is 17.5 Å². The Morgan fingerprint density at radius 3 is 2.76 bits per heavy atom. The van der Waals surface area contributed by atoms with E-state index in [1.165, 1.54) is 7.11 Å². The van der Waals surface area contributed by atoms with Crippen LogP contribution in [0.5, 0.6) is 0 Å². The molecule has 6 heteroatoms. The third-order valence-electron chi connectivity index (χ3n) is 3.26. The van der Waals surface area contributed by atoms with Gasteiger partial charge in [-0.3, -0.25) is 9.78 Å². The number of rotatable bonds is 5. The van der Waals surface area contributed by atoms with E-state index < -0.39 is 0 Å². The molecule has 0 aliphatic rings. The largest absolute Gasteiger partial charge is 0.468 e. The van der Waals surface area contributed by atoms with E-state index in [0.717, 1.165) is 16.6 Å². The molecule has 1 aromatic heterocycles. The molecule has 21 heavy (non-hydrogen) atoms. The lowest BCUT2D eigenvalue weighted by Gasteiger charge is -2.25. The standard InChI is InChI=1S/C15H17N3O2S/c1-3-18(9-13(19)20-2)14-10-6-4-5-7-12(10)17-8-11(14)15(16)21/h4-8H,3,9H2,1-2H3,(H2,16,21). The highest BCUT2D eigenvalue weighted by Gasteiger charge is 2.18. The van der Waals surface area contributed by atoms with Gasteiger partial charge in [0, 0.05) is 18.1 Å². The van der Waals surface area contributed by atoms with Gasteiger partial charge in [-0.25, -0.2) is 0 Å². The number of hydrogen-bond donors (Lipinski definition) is 1. The van der Waals surface area contributed by atoms with Gasteiger partial charge >= 0.3 is 5.97 Å². The fourth-order valence-corrected chi connectivity index (χ4v) is 2.37.